The second-order valence-electron chi connectivity index (χ2n) is 5.07. The van der Waals surface area contributed by atoms with Crippen molar-refractivity contribution in [1.29, 1.82) is 0 Å². The van der Waals surface area contributed by atoms with Gasteiger partial charge >= 0.3 is 0 Å². The highest BCUT2D eigenvalue weighted by molar-refractivity contribution is 9.10. The highest BCUT2D eigenvalue weighted by atomic mass is 79.9. The van der Waals surface area contributed by atoms with Gasteiger partial charge in [-0.05, 0) is 47.0 Å². The third kappa shape index (κ3) is 2.08. The van der Waals surface area contributed by atoms with Gasteiger partial charge in [0.1, 0.15) is 5.82 Å². The van der Waals surface area contributed by atoms with E-state index in [0.717, 1.165) is 44.8 Å². The number of rotatable bonds is 1. The van der Waals surface area contributed by atoms with E-state index in [1.807, 2.05) is 6.07 Å². The average Bonchev–Trinajstić information content (AvgIpc) is 2.31. The average molecular weight is 300 g/mol. The molecule has 2 fully saturated rings. The smallest absolute Gasteiger partial charge is 0.139 e. The van der Waals surface area contributed by atoms with E-state index in [1.165, 1.54) is 0 Å². The Balaban J connectivity index is 1.70. The number of ether oxygens (including phenoxy) is 1. The molecule has 4 heteroatoms. The zero-order valence-electron chi connectivity index (χ0n) is 9.59. The number of hydrogen-bond donors (Lipinski definition) is 0. The highest BCUT2D eigenvalue weighted by Gasteiger charge is 2.43. The maximum Gasteiger partial charge on any atom is 0.139 e. The standard InChI is InChI=1S/C13H15BrFNO/c14-11-2-1-10(7-12(11)15)16-8-13(9-16)3-5-17-6-4-13/h1-2,7H,3-6,8-9H2. The third-order valence-electron chi connectivity index (χ3n) is 3.87. The number of benzene rings is 1. The van der Waals surface area contributed by atoms with Gasteiger partial charge in [0.25, 0.3) is 0 Å². The first-order chi connectivity index (χ1) is 8.19. The maximum absolute atomic E-state index is 13.4. The molecule has 92 valence electrons. The molecule has 0 N–H and O–H groups in total. The van der Waals surface area contributed by atoms with Crippen molar-refractivity contribution < 1.29 is 9.13 Å². The van der Waals surface area contributed by atoms with Gasteiger partial charge in [-0.15, -0.1) is 0 Å². The van der Waals surface area contributed by atoms with Crippen molar-refractivity contribution in [1.82, 2.24) is 0 Å². The second-order valence-corrected chi connectivity index (χ2v) is 5.92. The van der Waals surface area contributed by atoms with Crippen molar-refractivity contribution in [2.75, 3.05) is 31.2 Å². The zero-order valence-corrected chi connectivity index (χ0v) is 11.2. The molecule has 2 nitrogen and oxygen atoms in total. The lowest BCUT2D eigenvalue weighted by Crippen LogP contribution is -2.58. The largest absolute Gasteiger partial charge is 0.381 e. The fourth-order valence-electron chi connectivity index (χ4n) is 2.75. The van der Waals surface area contributed by atoms with Crippen molar-refractivity contribution >= 4 is 21.6 Å². The molecule has 2 saturated heterocycles. The van der Waals surface area contributed by atoms with Gasteiger partial charge in [0.15, 0.2) is 0 Å². The molecule has 2 aliphatic heterocycles. The van der Waals surface area contributed by atoms with Crippen molar-refractivity contribution in [3.63, 3.8) is 0 Å². The fourth-order valence-corrected chi connectivity index (χ4v) is 3.00. The van der Waals surface area contributed by atoms with Gasteiger partial charge in [-0.2, -0.15) is 0 Å². The predicted octanol–water partition coefficient (Wildman–Crippen LogP) is 3.21. The lowest BCUT2D eigenvalue weighted by molar-refractivity contribution is -0.000210. The molecule has 17 heavy (non-hydrogen) atoms. The lowest BCUT2D eigenvalue weighted by Gasteiger charge is -2.53. The van der Waals surface area contributed by atoms with E-state index in [1.54, 1.807) is 12.1 Å². The molecule has 1 spiro atoms. The molecule has 0 aliphatic carbocycles. The molecular formula is C13H15BrFNO. The molecule has 2 aliphatic rings. The molecule has 1 aromatic rings. The van der Waals surface area contributed by atoms with Crippen LogP contribution in [-0.2, 0) is 4.74 Å². The maximum atomic E-state index is 13.4. The summed E-state index contributed by atoms with van der Waals surface area (Å²) in [4.78, 5) is 2.25. The summed E-state index contributed by atoms with van der Waals surface area (Å²) in [5.41, 5.74) is 1.42. The van der Waals surface area contributed by atoms with Crippen LogP contribution in [0.5, 0.6) is 0 Å². The normalized spacial score (nSPS) is 22.6. The van der Waals surface area contributed by atoms with Crippen LogP contribution in [0, 0.1) is 11.2 Å². The van der Waals surface area contributed by atoms with Crippen molar-refractivity contribution in [3.05, 3.63) is 28.5 Å². The predicted molar refractivity (Wildman–Crippen MR) is 68.8 cm³/mol. The molecule has 0 radical (unpaired) electrons. The molecule has 0 aromatic heterocycles. The molecule has 0 unspecified atom stereocenters. The first kappa shape index (κ1) is 11.5. The summed E-state index contributed by atoms with van der Waals surface area (Å²) in [5, 5.41) is 0. The summed E-state index contributed by atoms with van der Waals surface area (Å²) < 4.78 is 19.4. The Hall–Kier alpha value is -0.610. The molecule has 0 saturated carbocycles. The van der Waals surface area contributed by atoms with E-state index in [-0.39, 0.29) is 5.82 Å². The first-order valence-electron chi connectivity index (χ1n) is 5.96. The van der Waals surface area contributed by atoms with Crippen LogP contribution in [0.25, 0.3) is 0 Å². The van der Waals surface area contributed by atoms with Gasteiger partial charge in [-0.25, -0.2) is 4.39 Å². The van der Waals surface area contributed by atoms with E-state index in [2.05, 4.69) is 20.8 Å². The van der Waals surface area contributed by atoms with Crippen LogP contribution in [-0.4, -0.2) is 26.3 Å². The molecular weight excluding hydrogens is 285 g/mol. The van der Waals surface area contributed by atoms with Crippen LogP contribution < -0.4 is 4.90 Å². The van der Waals surface area contributed by atoms with Crippen LogP contribution >= 0.6 is 15.9 Å². The quantitative estimate of drug-likeness (QED) is 0.789. The van der Waals surface area contributed by atoms with Crippen molar-refractivity contribution in [2.24, 2.45) is 5.41 Å². The molecule has 0 atom stereocenters. The number of anilines is 1. The van der Waals surface area contributed by atoms with Crippen LogP contribution in [0.2, 0.25) is 0 Å². The highest BCUT2D eigenvalue weighted by Crippen LogP contribution is 2.42. The van der Waals surface area contributed by atoms with Crippen molar-refractivity contribution in [2.45, 2.75) is 12.8 Å². The second kappa shape index (κ2) is 4.25. The minimum Gasteiger partial charge on any atom is -0.381 e. The number of nitrogens with zero attached hydrogens (tertiary/aromatic N) is 1. The third-order valence-corrected chi connectivity index (χ3v) is 4.52. The Morgan fingerprint density at radius 3 is 2.59 bits per heavy atom. The number of hydrogen-bond acceptors (Lipinski definition) is 2. The Kier molecular flexibility index (Phi) is 2.87. The van der Waals surface area contributed by atoms with Gasteiger partial charge in [-0.3, -0.25) is 0 Å². The van der Waals surface area contributed by atoms with E-state index in [4.69, 9.17) is 4.74 Å². The Bertz CT molecular complexity index is 423. The molecule has 3 rings (SSSR count). The number of halogens is 2. The van der Waals surface area contributed by atoms with E-state index in [0.29, 0.717) is 9.89 Å². The first-order valence-corrected chi connectivity index (χ1v) is 6.76. The Labute approximate surface area is 109 Å². The topological polar surface area (TPSA) is 12.5 Å². The van der Waals surface area contributed by atoms with Crippen LogP contribution in [0.3, 0.4) is 0 Å². The van der Waals surface area contributed by atoms with E-state index < -0.39 is 0 Å². The minimum atomic E-state index is -0.185. The minimum absolute atomic E-state index is 0.185. The summed E-state index contributed by atoms with van der Waals surface area (Å²) in [7, 11) is 0. The fraction of sp³-hybridized carbons (Fsp3) is 0.538. The summed E-state index contributed by atoms with van der Waals surface area (Å²) in [6.45, 7) is 3.83. The monoisotopic (exact) mass is 299 g/mol. The van der Waals surface area contributed by atoms with Gasteiger partial charge in [0, 0.05) is 37.4 Å². The summed E-state index contributed by atoms with van der Waals surface area (Å²) in [6, 6.07) is 5.36. The van der Waals surface area contributed by atoms with Gasteiger partial charge in [0.2, 0.25) is 0 Å². The summed E-state index contributed by atoms with van der Waals surface area (Å²) in [6.07, 6.45) is 2.28. The lowest BCUT2D eigenvalue weighted by atomic mass is 9.73. The Morgan fingerprint density at radius 1 is 1.24 bits per heavy atom. The van der Waals surface area contributed by atoms with Crippen LogP contribution in [0.4, 0.5) is 10.1 Å². The van der Waals surface area contributed by atoms with Gasteiger partial charge in [-0.1, -0.05) is 0 Å². The SMILES string of the molecule is Fc1cc(N2CC3(CCOCC3)C2)ccc1Br. The molecule has 2 heterocycles. The van der Waals surface area contributed by atoms with Crippen LogP contribution in [0.1, 0.15) is 12.8 Å². The van der Waals surface area contributed by atoms with Gasteiger partial charge in [0.05, 0.1) is 4.47 Å². The van der Waals surface area contributed by atoms with Crippen molar-refractivity contribution in [3.8, 4) is 0 Å². The summed E-state index contributed by atoms with van der Waals surface area (Å²) in [5.74, 6) is -0.185. The van der Waals surface area contributed by atoms with Crippen LogP contribution in [0.15, 0.2) is 22.7 Å². The Morgan fingerprint density at radius 2 is 1.94 bits per heavy atom. The van der Waals surface area contributed by atoms with E-state index in [9.17, 15) is 4.39 Å². The molecule has 0 bridgehead atoms. The summed E-state index contributed by atoms with van der Waals surface area (Å²) >= 11 is 3.18. The molecule has 0 amide bonds. The van der Waals surface area contributed by atoms with Gasteiger partial charge < -0.3 is 9.64 Å². The zero-order chi connectivity index (χ0) is 11.9. The molecule has 1 aromatic carbocycles. The van der Waals surface area contributed by atoms with E-state index >= 15 is 0 Å².